The third-order valence-corrected chi connectivity index (χ3v) is 5.03. The van der Waals surface area contributed by atoms with Crippen LogP contribution in [0.25, 0.3) is 0 Å². The number of hydrogen-bond acceptors (Lipinski definition) is 3. The number of amides is 1. The highest BCUT2D eigenvalue weighted by Gasteiger charge is 2.44. The second-order valence-electron chi connectivity index (χ2n) is 6.76. The maximum absolute atomic E-state index is 12.1. The van der Waals surface area contributed by atoms with Crippen LogP contribution in [0.15, 0.2) is 0 Å². The van der Waals surface area contributed by atoms with E-state index in [1.807, 2.05) is 0 Å². The van der Waals surface area contributed by atoms with E-state index in [1.165, 1.54) is 32.2 Å². The molecule has 1 aliphatic carbocycles. The number of halogens is 3. The molecule has 0 aromatic heterocycles. The molecule has 132 valence electrons. The summed E-state index contributed by atoms with van der Waals surface area (Å²) in [5, 5.41) is 10.8. The topological polar surface area (TPSA) is 69.6 Å². The number of carboxylic acids is 1. The SMILES string of the molecule is CC1CC1C(=O)N1CCC2(CCCN2)CC1.O=C(O)C(F)(F)F. The fourth-order valence-electron chi connectivity index (χ4n) is 3.35. The van der Waals surface area contributed by atoms with Crippen molar-refractivity contribution in [2.75, 3.05) is 19.6 Å². The minimum atomic E-state index is -5.08. The average molecular weight is 336 g/mol. The molecule has 23 heavy (non-hydrogen) atoms. The predicted molar refractivity (Wildman–Crippen MR) is 76.7 cm³/mol. The van der Waals surface area contributed by atoms with Crippen LogP contribution in [0.3, 0.4) is 0 Å². The first-order valence-corrected chi connectivity index (χ1v) is 7.98. The molecule has 5 nitrogen and oxygen atoms in total. The van der Waals surface area contributed by atoms with Crippen LogP contribution in [0.2, 0.25) is 0 Å². The third-order valence-electron chi connectivity index (χ3n) is 5.03. The van der Waals surface area contributed by atoms with Gasteiger partial charge in [0, 0.05) is 24.5 Å². The van der Waals surface area contributed by atoms with Gasteiger partial charge in [0.2, 0.25) is 5.91 Å². The molecule has 1 saturated carbocycles. The van der Waals surface area contributed by atoms with E-state index in [0.717, 1.165) is 19.5 Å². The molecule has 3 fully saturated rings. The van der Waals surface area contributed by atoms with Gasteiger partial charge in [-0.25, -0.2) is 4.79 Å². The summed E-state index contributed by atoms with van der Waals surface area (Å²) in [6.45, 7) is 5.32. The van der Waals surface area contributed by atoms with Gasteiger partial charge < -0.3 is 15.3 Å². The van der Waals surface area contributed by atoms with Crippen molar-refractivity contribution in [3.8, 4) is 0 Å². The number of hydrogen-bond donors (Lipinski definition) is 2. The molecule has 3 rings (SSSR count). The first-order chi connectivity index (χ1) is 10.6. The largest absolute Gasteiger partial charge is 0.490 e. The average Bonchev–Trinajstić information content (AvgIpc) is 3.03. The van der Waals surface area contributed by atoms with E-state index in [2.05, 4.69) is 17.1 Å². The quantitative estimate of drug-likeness (QED) is 0.769. The van der Waals surface area contributed by atoms with E-state index >= 15 is 0 Å². The van der Waals surface area contributed by atoms with Crippen molar-refractivity contribution in [3.05, 3.63) is 0 Å². The van der Waals surface area contributed by atoms with Gasteiger partial charge in [-0.15, -0.1) is 0 Å². The van der Waals surface area contributed by atoms with Crippen LogP contribution in [0.1, 0.15) is 39.0 Å². The molecule has 2 heterocycles. The van der Waals surface area contributed by atoms with E-state index in [1.54, 1.807) is 0 Å². The maximum atomic E-state index is 12.1. The van der Waals surface area contributed by atoms with Crippen molar-refractivity contribution in [1.82, 2.24) is 10.2 Å². The number of nitrogens with zero attached hydrogens (tertiary/aromatic N) is 1. The minimum absolute atomic E-state index is 0.366. The van der Waals surface area contributed by atoms with Crippen molar-refractivity contribution in [2.45, 2.75) is 50.7 Å². The van der Waals surface area contributed by atoms with Gasteiger partial charge in [-0.1, -0.05) is 6.92 Å². The van der Waals surface area contributed by atoms with E-state index in [-0.39, 0.29) is 0 Å². The first-order valence-electron chi connectivity index (χ1n) is 7.98. The van der Waals surface area contributed by atoms with Crippen LogP contribution in [-0.2, 0) is 9.59 Å². The molecule has 8 heteroatoms. The van der Waals surface area contributed by atoms with Crippen molar-refractivity contribution in [1.29, 1.82) is 0 Å². The summed E-state index contributed by atoms with van der Waals surface area (Å²) >= 11 is 0. The van der Waals surface area contributed by atoms with Crippen LogP contribution in [-0.4, -0.2) is 53.2 Å². The summed E-state index contributed by atoms with van der Waals surface area (Å²) in [7, 11) is 0. The lowest BCUT2D eigenvalue weighted by Crippen LogP contribution is -2.51. The second-order valence-corrected chi connectivity index (χ2v) is 6.76. The Morgan fingerprint density at radius 3 is 2.09 bits per heavy atom. The monoisotopic (exact) mass is 336 g/mol. The summed E-state index contributed by atoms with van der Waals surface area (Å²) < 4.78 is 31.7. The molecule has 0 aromatic carbocycles. The van der Waals surface area contributed by atoms with Crippen LogP contribution in [0.4, 0.5) is 13.2 Å². The number of rotatable bonds is 1. The van der Waals surface area contributed by atoms with Crippen molar-refractivity contribution in [3.63, 3.8) is 0 Å². The smallest absolute Gasteiger partial charge is 0.475 e. The van der Waals surface area contributed by atoms with Gasteiger partial charge in [0.15, 0.2) is 0 Å². The van der Waals surface area contributed by atoms with E-state index in [9.17, 15) is 18.0 Å². The van der Waals surface area contributed by atoms with Crippen LogP contribution < -0.4 is 5.32 Å². The molecule has 2 unspecified atom stereocenters. The van der Waals surface area contributed by atoms with E-state index in [0.29, 0.717) is 23.3 Å². The third kappa shape index (κ3) is 4.59. The Balaban J connectivity index is 0.000000236. The molecule has 2 aliphatic heterocycles. The lowest BCUT2D eigenvalue weighted by Gasteiger charge is -2.39. The van der Waals surface area contributed by atoms with Crippen molar-refractivity contribution < 1.29 is 27.9 Å². The standard InChI is InChI=1S/C13H22N2O.C2HF3O2/c1-10-9-11(10)12(16)15-7-4-13(5-8-15)3-2-6-14-13;3-2(4,5)1(6)7/h10-11,14H,2-9H2,1H3;(H,6,7). The fourth-order valence-corrected chi connectivity index (χ4v) is 3.35. The Kier molecular flexibility index (Phi) is 5.23. The molecule has 0 aromatic rings. The highest BCUT2D eigenvalue weighted by Crippen LogP contribution is 2.40. The zero-order valence-corrected chi connectivity index (χ0v) is 13.2. The Morgan fingerprint density at radius 2 is 1.74 bits per heavy atom. The fraction of sp³-hybridized carbons (Fsp3) is 0.867. The van der Waals surface area contributed by atoms with Gasteiger partial charge in [0.05, 0.1) is 0 Å². The Morgan fingerprint density at radius 1 is 1.22 bits per heavy atom. The molecule has 0 radical (unpaired) electrons. The van der Waals surface area contributed by atoms with E-state index in [4.69, 9.17) is 9.90 Å². The Bertz CT molecular complexity index is 451. The molecule has 1 amide bonds. The summed E-state index contributed by atoms with van der Waals surface area (Å²) in [5.41, 5.74) is 0.395. The summed E-state index contributed by atoms with van der Waals surface area (Å²) in [6, 6.07) is 0. The molecule has 2 N–H and O–H groups in total. The highest BCUT2D eigenvalue weighted by atomic mass is 19.4. The number of carbonyl (C=O) groups excluding carboxylic acids is 1. The molecule has 1 spiro atoms. The number of likely N-dealkylation sites (tertiary alicyclic amines) is 1. The molecular formula is C15H23F3N2O3. The van der Waals surface area contributed by atoms with Gasteiger partial charge in [-0.2, -0.15) is 13.2 Å². The lowest BCUT2D eigenvalue weighted by atomic mass is 9.86. The van der Waals surface area contributed by atoms with Gasteiger partial charge in [0.25, 0.3) is 0 Å². The Hall–Kier alpha value is -1.31. The zero-order valence-electron chi connectivity index (χ0n) is 13.2. The van der Waals surface area contributed by atoms with Crippen LogP contribution in [0, 0.1) is 11.8 Å². The molecule has 2 saturated heterocycles. The maximum Gasteiger partial charge on any atom is 0.490 e. The summed E-state index contributed by atoms with van der Waals surface area (Å²) in [5.74, 6) is -1.31. The first kappa shape index (κ1) is 18.0. The summed E-state index contributed by atoms with van der Waals surface area (Å²) in [4.78, 5) is 23.1. The predicted octanol–water partition coefficient (Wildman–Crippen LogP) is 2.02. The van der Waals surface area contributed by atoms with Gasteiger partial charge in [-0.05, 0) is 44.6 Å². The highest BCUT2D eigenvalue weighted by molar-refractivity contribution is 5.81. The van der Waals surface area contributed by atoms with E-state index < -0.39 is 12.1 Å². The number of nitrogens with one attached hydrogen (secondary N) is 1. The molecule has 2 atom stereocenters. The number of carboxylic acid groups (broad SMARTS) is 1. The van der Waals surface area contributed by atoms with Gasteiger partial charge in [-0.3, -0.25) is 4.79 Å². The number of aliphatic carboxylic acids is 1. The normalized spacial score (nSPS) is 29.0. The van der Waals surface area contributed by atoms with Crippen LogP contribution >= 0.6 is 0 Å². The number of alkyl halides is 3. The second kappa shape index (κ2) is 6.67. The summed E-state index contributed by atoms with van der Waals surface area (Å²) in [6.07, 6.45) is 1.00. The lowest BCUT2D eigenvalue weighted by molar-refractivity contribution is -0.192. The van der Waals surface area contributed by atoms with Gasteiger partial charge >= 0.3 is 12.1 Å². The van der Waals surface area contributed by atoms with Crippen molar-refractivity contribution in [2.24, 2.45) is 11.8 Å². The Labute approximate surface area is 133 Å². The molecule has 3 aliphatic rings. The molecular weight excluding hydrogens is 313 g/mol. The molecule has 0 bridgehead atoms. The number of piperidine rings is 1. The zero-order chi connectivity index (χ0) is 17.3. The minimum Gasteiger partial charge on any atom is -0.475 e. The number of carbonyl (C=O) groups is 2. The van der Waals surface area contributed by atoms with Crippen molar-refractivity contribution >= 4 is 11.9 Å². The van der Waals surface area contributed by atoms with Gasteiger partial charge in [0.1, 0.15) is 0 Å². The van der Waals surface area contributed by atoms with Crippen LogP contribution in [0.5, 0.6) is 0 Å².